The monoisotopic (exact) mass is 294 g/mol. The standard InChI is InChI=1S/C12H17F3N2O3/c13-12(14,15)11(10(19)20)3-5-17(7-11)9(18)6-8-2-1-4-16-8/h8,16H,1-7H2,(H,19,20). The Hall–Kier alpha value is -1.31. The predicted molar refractivity (Wildman–Crippen MR) is 63.0 cm³/mol. The van der Waals surface area contributed by atoms with Crippen LogP contribution in [-0.2, 0) is 9.59 Å². The van der Waals surface area contributed by atoms with Crippen LogP contribution in [-0.4, -0.2) is 53.7 Å². The van der Waals surface area contributed by atoms with E-state index >= 15 is 0 Å². The lowest BCUT2D eigenvalue weighted by Crippen LogP contribution is -2.48. The largest absolute Gasteiger partial charge is 0.481 e. The summed E-state index contributed by atoms with van der Waals surface area (Å²) in [5.41, 5.74) is -2.81. The van der Waals surface area contributed by atoms with Crippen molar-refractivity contribution in [3.05, 3.63) is 0 Å². The number of carbonyl (C=O) groups excluding carboxylic acids is 1. The van der Waals surface area contributed by atoms with Crippen molar-refractivity contribution in [1.29, 1.82) is 0 Å². The molecule has 2 atom stereocenters. The molecule has 2 saturated heterocycles. The van der Waals surface area contributed by atoms with Crippen molar-refractivity contribution in [2.24, 2.45) is 5.41 Å². The molecule has 2 rings (SSSR count). The van der Waals surface area contributed by atoms with Crippen LogP contribution in [0.3, 0.4) is 0 Å². The van der Waals surface area contributed by atoms with Gasteiger partial charge in [-0.15, -0.1) is 0 Å². The number of hydrogen-bond donors (Lipinski definition) is 2. The lowest BCUT2D eigenvalue weighted by atomic mass is 9.86. The number of alkyl halides is 3. The maximum atomic E-state index is 13.0. The van der Waals surface area contributed by atoms with Crippen LogP contribution in [0.4, 0.5) is 13.2 Å². The van der Waals surface area contributed by atoms with Gasteiger partial charge in [-0.05, 0) is 25.8 Å². The van der Waals surface area contributed by atoms with Gasteiger partial charge in [0.05, 0.1) is 0 Å². The fourth-order valence-corrected chi connectivity index (χ4v) is 2.82. The number of aliphatic carboxylic acids is 1. The maximum absolute atomic E-state index is 13.0. The van der Waals surface area contributed by atoms with E-state index < -0.39 is 36.4 Å². The van der Waals surface area contributed by atoms with Crippen LogP contribution in [0.1, 0.15) is 25.7 Å². The summed E-state index contributed by atoms with van der Waals surface area (Å²) in [6, 6.07) is -0.00628. The molecule has 5 nitrogen and oxygen atoms in total. The second-order valence-electron chi connectivity index (χ2n) is 5.45. The summed E-state index contributed by atoms with van der Waals surface area (Å²) >= 11 is 0. The topological polar surface area (TPSA) is 69.6 Å². The molecule has 114 valence electrons. The molecule has 0 radical (unpaired) electrons. The molecule has 0 bridgehead atoms. The van der Waals surface area contributed by atoms with E-state index in [2.05, 4.69) is 5.32 Å². The van der Waals surface area contributed by atoms with E-state index in [4.69, 9.17) is 5.11 Å². The molecule has 1 amide bonds. The number of hydrogen-bond acceptors (Lipinski definition) is 3. The summed E-state index contributed by atoms with van der Waals surface area (Å²) in [5.74, 6) is -2.31. The zero-order valence-corrected chi connectivity index (χ0v) is 10.9. The highest BCUT2D eigenvalue weighted by Gasteiger charge is 2.64. The summed E-state index contributed by atoms with van der Waals surface area (Å²) in [7, 11) is 0. The Morgan fingerprint density at radius 2 is 2.10 bits per heavy atom. The van der Waals surface area contributed by atoms with Crippen LogP contribution in [0.15, 0.2) is 0 Å². The van der Waals surface area contributed by atoms with Gasteiger partial charge in [0.1, 0.15) is 0 Å². The minimum absolute atomic E-state index is 0.00628. The molecule has 2 fully saturated rings. The molecular formula is C12H17F3N2O3. The van der Waals surface area contributed by atoms with Crippen molar-refractivity contribution in [1.82, 2.24) is 10.2 Å². The number of carboxylic acids is 1. The van der Waals surface area contributed by atoms with E-state index in [0.717, 1.165) is 24.3 Å². The van der Waals surface area contributed by atoms with E-state index in [1.54, 1.807) is 0 Å². The highest BCUT2D eigenvalue weighted by molar-refractivity contribution is 5.81. The molecule has 0 aromatic heterocycles. The van der Waals surface area contributed by atoms with Gasteiger partial charge in [0, 0.05) is 25.6 Å². The third-order valence-corrected chi connectivity index (χ3v) is 4.16. The highest BCUT2D eigenvalue weighted by Crippen LogP contribution is 2.45. The van der Waals surface area contributed by atoms with Gasteiger partial charge in [-0.1, -0.05) is 0 Å². The fourth-order valence-electron chi connectivity index (χ4n) is 2.82. The summed E-state index contributed by atoms with van der Waals surface area (Å²) < 4.78 is 38.9. The second kappa shape index (κ2) is 5.23. The van der Waals surface area contributed by atoms with Crippen molar-refractivity contribution >= 4 is 11.9 Å². The van der Waals surface area contributed by atoms with Gasteiger partial charge in [-0.2, -0.15) is 13.2 Å². The first-order chi connectivity index (χ1) is 9.26. The molecule has 0 aromatic rings. The van der Waals surface area contributed by atoms with Gasteiger partial charge in [-0.25, -0.2) is 0 Å². The first-order valence-electron chi connectivity index (χ1n) is 6.57. The molecule has 2 N–H and O–H groups in total. The van der Waals surface area contributed by atoms with E-state index in [1.807, 2.05) is 0 Å². The Bertz CT molecular complexity index is 407. The van der Waals surface area contributed by atoms with Crippen LogP contribution < -0.4 is 5.32 Å². The van der Waals surface area contributed by atoms with Crippen LogP contribution >= 0.6 is 0 Å². The van der Waals surface area contributed by atoms with Gasteiger partial charge >= 0.3 is 12.1 Å². The second-order valence-corrected chi connectivity index (χ2v) is 5.45. The molecule has 8 heteroatoms. The van der Waals surface area contributed by atoms with Crippen LogP contribution in [0.5, 0.6) is 0 Å². The SMILES string of the molecule is O=C(CC1CCCN1)N1CCC(C(=O)O)(C(F)(F)F)C1. The smallest absolute Gasteiger partial charge is 0.406 e. The molecule has 2 heterocycles. The van der Waals surface area contributed by atoms with Crippen molar-refractivity contribution in [3.8, 4) is 0 Å². The normalized spacial score (nSPS) is 30.8. The number of nitrogens with zero attached hydrogens (tertiary/aromatic N) is 1. The average Bonchev–Trinajstić information content (AvgIpc) is 2.96. The quantitative estimate of drug-likeness (QED) is 0.814. The van der Waals surface area contributed by atoms with E-state index in [9.17, 15) is 22.8 Å². The van der Waals surface area contributed by atoms with Crippen LogP contribution in [0.25, 0.3) is 0 Å². The lowest BCUT2D eigenvalue weighted by Gasteiger charge is -2.27. The third kappa shape index (κ3) is 2.61. The summed E-state index contributed by atoms with van der Waals surface area (Å²) in [5, 5.41) is 12.0. The lowest BCUT2D eigenvalue weighted by molar-refractivity contribution is -0.227. The van der Waals surface area contributed by atoms with Crippen LogP contribution in [0, 0.1) is 5.41 Å². The minimum Gasteiger partial charge on any atom is -0.481 e. The van der Waals surface area contributed by atoms with Gasteiger partial charge in [0.25, 0.3) is 0 Å². The number of nitrogens with one attached hydrogen (secondary N) is 1. The van der Waals surface area contributed by atoms with Gasteiger partial charge < -0.3 is 15.3 Å². The first kappa shape index (κ1) is 15.1. The fraction of sp³-hybridized carbons (Fsp3) is 0.833. The number of amides is 1. The van der Waals surface area contributed by atoms with Gasteiger partial charge in [0.2, 0.25) is 5.91 Å². The minimum atomic E-state index is -4.85. The number of halogens is 3. The molecule has 0 saturated carbocycles. The van der Waals surface area contributed by atoms with Crippen molar-refractivity contribution in [3.63, 3.8) is 0 Å². The van der Waals surface area contributed by atoms with Crippen molar-refractivity contribution < 1.29 is 27.9 Å². The zero-order chi connectivity index (χ0) is 15.0. The molecule has 0 spiro atoms. The predicted octanol–water partition coefficient (Wildman–Crippen LogP) is 0.994. The Kier molecular flexibility index (Phi) is 3.95. The third-order valence-electron chi connectivity index (χ3n) is 4.16. The highest BCUT2D eigenvalue weighted by atomic mass is 19.4. The van der Waals surface area contributed by atoms with Crippen molar-refractivity contribution in [2.45, 2.75) is 37.9 Å². The van der Waals surface area contributed by atoms with Gasteiger partial charge in [0.15, 0.2) is 5.41 Å². The van der Waals surface area contributed by atoms with Crippen molar-refractivity contribution in [2.75, 3.05) is 19.6 Å². The Labute approximate surface area is 114 Å². The summed E-state index contributed by atoms with van der Waals surface area (Å²) in [4.78, 5) is 24.0. The first-order valence-corrected chi connectivity index (χ1v) is 6.57. The van der Waals surface area contributed by atoms with E-state index in [1.165, 1.54) is 0 Å². The Balaban J connectivity index is 2.02. The number of carboxylic acid groups (broad SMARTS) is 1. The number of carbonyl (C=O) groups is 2. The molecule has 0 aliphatic carbocycles. The molecule has 2 unspecified atom stereocenters. The average molecular weight is 294 g/mol. The zero-order valence-electron chi connectivity index (χ0n) is 10.9. The number of rotatable bonds is 3. The maximum Gasteiger partial charge on any atom is 0.406 e. The molecule has 20 heavy (non-hydrogen) atoms. The summed E-state index contributed by atoms with van der Waals surface area (Å²) in [6.45, 7) is -0.131. The molecule has 2 aliphatic heterocycles. The molecular weight excluding hydrogens is 277 g/mol. The van der Waals surface area contributed by atoms with E-state index in [-0.39, 0.29) is 19.0 Å². The molecule has 2 aliphatic rings. The number of likely N-dealkylation sites (tertiary alicyclic amines) is 1. The van der Waals surface area contributed by atoms with Crippen LogP contribution in [0.2, 0.25) is 0 Å². The van der Waals surface area contributed by atoms with E-state index in [0.29, 0.717) is 0 Å². The Morgan fingerprint density at radius 1 is 1.40 bits per heavy atom. The van der Waals surface area contributed by atoms with Gasteiger partial charge in [-0.3, -0.25) is 9.59 Å². The summed E-state index contributed by atoms with van der Waals surface area (Å²) in [6.07, 6.45) is -3.52. The molecule has 0 aromatic carbocycles. The Morgan fingerprint density at radius 3 is 2.55 bits per heavy atom.